The van der Waals surface area contributed by atoms with Crippen molar-refractivity contribution in [2.75, 3.05) is 20.3 Å². The van der Waals surface area contributed by atoms with Crippen molar-refractivity contribution in [2.24, 2.45) is 11.8 Å². The average Bonchev–Trinajstić information content (AvgIpc) is 2.23. The second-order valence-corrected chi connectivity index (χ2v) is 7.09. The Kier molecular flexibility index (Phi) is 4.57. The number of rotatable bonds is 4. The van der Waals surface area contributed by atoms with Gasteiger partial charge in [0.05, 0.1) is 18.5 Å². The minimum absolute atomic E-state index is 0.723. The van der Waals surface area contributed by atoms with E-state index in [1.54, 1.807) is 0 Å². The quantitative estimate of drug-likeness (QED) is 0.820. The molecule has 2 fully saturated rings. The fourth-order valence-electron chi connectivity index (χ4n) is 2.79. The van der Waals surface area contributed by atoms with Gasteiger partial charge in [-0.2, -0.15) is 0 Å². The van der Waals surface area contributed by atoms with E-state index < -0.39 is 0 Å². The SMILES string of the molecule is CNC1CCC(C(C)C)CC1SC1COC1. The molecule has 0 spiro atoms. The van der Waals surface area contributed by atoms with Gasteiger partial charge >= 0.3 is 0 Å². The molecule has 0 bridgehead atoms. The van der Waals surface area contributed by atoms with Gasteiger partial charge in [0, 0.05) is 11.3 Å². The van der Waals surface area contributed by atoms with Gasteiger partial charge in [-0.1, -0.05) is 13.8 Å². The molecule has 1 saturated carbocycles. The van der Waals surface area contributed by atoms with Crippen molar-refractivity contribution in [3.8, 4) is 0 Å². The molecule has 2 aliphatic rings. The number of thioether (sulfide) groups is 1. The first-order chi connectivity index (χ1) is 7.70. The lowest BCUT2D eigenvalue weighted by molar-refractivity contribution is 0.0449. The summed E-state index contributed by atoms with van der Waals surface area (Å²) in [4.78, 5) is 0. The Morgan fingerprint density at radius 1 is 1.25 bits per heavy atom. The van der Waals surface area contributed by atoms with Crippen LogP contribution in [0, 0.1) is 11.8 Å². The number of hydrogen-bond acceptors (Lipinski definition) is 3. The van der Waals surface area contributed by atoms with Crippen LogP contribution < -0.4 is 5.32 Å². The molecule has 1 aliphatic heterocycles. The minimum atomic E-state index is 0.723. The molecule has 0 aromatic carbocycles. The highest BCUT2D eigenvalue weighted by atomic mass is 32.2. The summed E-state index contributed by atoms with van der Waals surface area (Å²) < 4.78 is 5.28. The molecule has 3 atom stereocenters. The highest BCUT2D eigenvalue weighted by Crippen LogP contribution is 2.38. The van der Waals surface area contributed by atoms with E-state index in [9.17, 15) is 0 Å². The standard InChI is InChI=1S/C13H25NOS/c1-9(2)10-4-5-12(14-3)13(6-10)16-11-7-15-8-11/h9-14H,4-8H2,1-3H3. The van der Waals surface area contributed by atoms with Gasteiger partial charge in [-0.25, -0.2) is 0 Å². The molecular formula is C13H25NOS. The maximum Gasteiger partial charge on any atom is 0.0608 e. The highest BCUT2D eigenvalue weighted by molar-refractivity contribution is 8.00. The van der Waals surface area contributed by atoms with E-state index in [1.807, 2.05) is 0 Å². The van der Waals surface area contributed by atoms with E-state index in [0.29, 0.717) is 0 Å². The summed E-state index contributed by atoms with van der Waals surface area (Å²) in [5, 5.41) is 5.08. The third-order valence-electron chi connectivity index (χ3n) is 4.12. The molecule has 0 amide bonds. The molecule has 1 heterocycles. The van der Waals surface area contributed by atoms with Crippen molar-refractivity contribution in [1.29, 1.82) is 0 Å². The van der Waals surface area contributed by atoms with Gasteiger partial charge in [-0.05, 0) is 38.1 Å². The summed E-state index contributed by atoms with van der Waals surface area (Å²) in [7, 11) is 2.12. The van der Waals surface area contributed by atoms with Gasteiger partial charge in [-0.15, -0.1) is 11.8 Å². The summed E-state index contributed by atoms with van der Waals surface area (Å²) in [5.41, 5.74) is 0. The molecule has 0 radical (unpaired) electrons. The second-order valence-electron chi connectivity index (χ2n) is 5.55. The Morgan fingerprint density at radius 3 is 2.50 bits per heavy atom. The monoisotopic (exact) mass is 243 g/mol. The fourth-order valence-corrected chi connectivity index (χ4v) is 4.45. The molecule has 1 N–H and O–H groups in total. The normalized spacial score (nSPS) is 36.4. The largest absolute Gasteiger partial charge is 0.379 e. The van der Waals surface area contributed by atoms with Crippen molar-refractivity contribution in [3.05, 3.63) is 0 Å². The van der Waals surface area contributed by atoms with Crippen LogP contribution in [0.1, 0.15) is 33.1 Å². The Balaban J connectivity index is 1.88. The smallest absolute Gasteiger partial charge is 0.0608 e. The van der Waals surface area contributed by atoms with E-state index in [2.05, 4.69) is 38.0 Å². The molecule has 3 unspecified atom stereocenters. The summed E-state index contributed by atoms with van der Waals surface area (Å²) in [5.74, 6) is 1.78. The van der Waals surface area contributed by atoms with Crippen molar-refractivity contribution in [3.63, 3.8) is 0 Å². The first kappa shape index (κ1) is 12.7. The number of ether oxygens (including phenoxy) is 1. The molecule has 2 rings (SSSR count). The molecule has 0 aromatic heterocycles. The van der Waals surface area contributed by atoms with Crippen molar-refractivity contribution < 1.29 is 4.74 Å². The predicted molar refractivity (Wildman–Crippen MR) is 71.0 cm³/mol. The lowest BCUT2D eigenvalue weighted by Crippen LogP contribution is -2.44. The predicted octanol–water partition coefficient (Wildman–Crippen LogP) is 2.53. The molecule has 3 heteroatoms. The van der Waals surface area contributed by atoms with Crippen LogP contribution in [-0.2, 0) is 4.74 Å². The van der Waals surface area contributed by atoms with Crippen molar-refractivity contribution in [2.45, 2.75) is 49.7 Å². The lowest BCUT2D eigenvalue weighted by atomic mass is 9.79. The molecule has 0 aromatic rings. The fraction of sp³-hybridized carbons (Fsp3) is 1.00. The van der Waals surface area contributed by atoms with Crippen molar-refractivity contribution >= 4 is 11.8 Å². The van der Waals surface area contributed by atoms with Gasteiger partial charge in [0.25, 0.3) is 0 Å². The highest BCUT2D eigenvalue weighted by Gasteiger charge is 2.34. The van der Waals surface area contributed by atoms with Crippen LogP contribution in [0.2, 0.25) is 0 Å². The lowest BCUT2D eigenvalue weighted by Gasteiger charge is -2.40. The maximum atomic E-state index is 5.28. The first-order valence-corrected chi connectivity index (χ1v) is 7.55. The van der Waals surface area contributed by atoms with Crippen LogP contribution in [0.5, 0.6) is 0 Å². The van der Waals surface area contributed by atoms with Crippen LogP contribution in [0.25, 0.3) is 0 Å². The van der Waals surface area contributed by atoms with Gasteiger partial charge in [0.15, 0.2) is 0 Å². The molecule has 2 nitrogen and oxygen atoms in total. The van der Waals surface area contributed by atoms with Crippen LogP contribution in [0.3, 0.4) is 0 Å². The topological polar surface area (TPSA) is 21.3 Å². The van der Waals surface area contributed by atoms with Crippen molar-refractivity contribution in [1.82, 2.24) is 5.32 Å². The van der Waals surface area contributed by atoms with Crippen LogP contribution in [0.4, 0.5) is 0 Å². The molecule has 94 valence electrons. The molecular weight excluding hydrogens is 218 g/mol. The Hall–Kier alpha value is 0.270. The number of nitrogens with one attached hydrogen (secondary N) is 1. The Morgan fingerprint density at radius 2 is 2.00 bits per heavy atom. The van der Waals surface area contributed by atoms with Gasteiger partial charge < -0.3 is 10.1 Å². The van der Waals surface area contributed by atoms with Gasteiger partial charge in [0.1, 0.15) is 0 Å². The van der Waals surface area contributed by atoms with Crippen LogP contribution in [-0.4, -0.2) is 36.8 Å². The van der Waals surface area contributed by atoms with E-state index in [1.165, 1.54) is 19.3 Å². The summed E-state index contributed by atoms with van der Waals surface area (Å²) >= 11 is 2.17. The zero-order valence-corrected chi connectivity index (χ0v) is 11.6. The van der Waals surface area contributed by atoms with Gasteiger partial charge in [0.2, 0.25) is 0 Å². The van der Waals surface area contributed by atoms with Crippen LogP contribution in [0.15, 0.2) is 0 Å². The molecule has 1 aliphatic carbocycles. The Bertz CT molecular complexity index is 218. The zero-order chi connectivity index (χ0) is 11.5. The second kappa shape index (κ2) is 5.74. The zero-order valence-electron chi connectivity index (χ0n) is 10.7. The van der Waals surface area contributed by atoms with E-state index in [0.717, 1.165) is 41.6 Å². The van der Waals surface area contributed by atoms with Gasteiger partial charge in [-0.3, -0.25) is 0 Å². The molecule has 1 saturated heterocycles. The first-order valence-electron chi connectivity index (χ1n) is 6.61. The van der Waals surface area contributed by atoms with Crippen LogP contribution >= 0.6 is 11.8 Å². The molecule has 16 heavy (non-hydrogen) atoms. The maximum absolute atomic E-state index is 5.28. The minimum Gasteiger partial charge on any atom is -0.379 e. The number of hydrogen-bond donors (Lipinski definition) is 1. The summed E-state index contributed by atoms with van der Waals surface area (Å²) in [6.07, 6.45) is 4.15. The van der Waals surface area contributed by atoms with E-state index in [-0.39, 0.29) is 0 Å². The summed E-state index contributed by atoms with van der Waals surface area (Å²) in [6, 6.07) is 0.723. The van der Waals surface area contributed by atoms with E-state index >= 15 is 0 Å². The third-order valence-corrected chi connectivity index (χ3v) is 5.65. The average molecular weight is 243 g/mol. The summed E-state index contributed by atoms with van der Waals surface area (Å²) in [6.45, 7) is 6.70. The Labute approximate surface area is 104 Å². The third kappa shape index (κ3) is 2.93. The van der Waals surface area contributed by atoms with E-state index in [4.69, 9.17) is 4.74 Å².